The van der Waals surface area contributed by atoms with E-state index in [1.165, 1.54) is 17.7 Å². The highest BCUT2D eigenvalue weighted by molar-refractivity contribution is 6.07. The predicted molar refractivity (Wildman–Crippen MR) is 101 cm³/mol. The van der Waals surface area contributed by atoms with E-state index in [4.69, 9.17) is 0 Å². The number of hydrogen-bond acceptors (Lipinski definition) is 3. The van der Waals surface area contributed by atoms with E-state index in [1.54, 1.807) is 12.3 Å². The summed E-state index contributed by atoms with van der Waals surface area (Å²) in [5.74, 6) is 0.188. The van der Waals surface area contributed by atoms with Gasteiger partial charge in [0.2, 0.25) is 0 Å². The molecule has 0 aliphatic carbocycles. The van der Waals surface area contributed by atoms with Crippen molar-refractivity contribution in [1.29, 1.82) is 0 Å². The molecule has 2 N–H and O–H groups in total. The Hall–Kier alpha value is -3.15. The van der Waals surface area contributed by atoms with Crippen LogP contribution in [0.15, 0.2) is 48.7 Å². The molecular formula is C20H21N3O3. The average molecular weight is 351 g/mol. The van der Waals surface area contributed by atoms with Crippen molar-refractivity contribution in [3.05, 3.63) is 75.5 Å². The van der Waals surface area contributed by atoms with Crippen molar-refractivity contribution in [1.82, 2.24) is 10.3 Å². The van der Waals surface area contributed by atoms with Gasteiger partial charge in [0.15, 0.2) is 0 Å². The second kappa shape index (κ2) is 7.00. The van der Waals surface area contributed by atoms with Crippen LogP contribution in [0.1, 0.15) is 54.2 Å². The molecule has 6 nitrogen and oxygen atoms in total. The summed E-state index contributed by atoms with van der Waals surface area (Å²) in [6, 6.07) is 12.4. The second-order valence-electron chi connectivity index (χ2n) is 6.71. The Balaban J connectivity index is 1.82. The van der Waals surface area contributed by atoms with Crippen molar-refractivity contribution in [3.8, 4) is 0 Å². The van der Waals surface area contributed by atoms with Gasteiger partial charge in [-0.3, -0.25) is 14.9 Å². The summed E-state index contributed by atoms with van der Waals surface area (Å²) in [6.07, 6.45) is 1.58. The Morgan fingerprint density at radius 2 is 1.73 bits per heavy atom. The number of rotatable bonds is 5. The van der Waals surface area contributed by atoms with Crippen LogP contribution in [0.5, 0.6) is 0 Å². The molecule has 0 spiro atoms. The standard InChI is InChI=1S/C20H21N3O3/c1-12(2)14-4-6-15(7-5-14)13(3)22-20(24)18-11-21-19-9-8-16(23(25)26)10-17(18)19/h4-13,21H,1-3H3,(H,22,24). The number of nitro benzene ring substituents is 1. The first-order chi connectivity index (χ1) is 12.4. The molecule has 6 heteroatoms. The Morgan fingerprint density at radius 3 is 2.35 bits per heavy atom. The van der Waals surface area contributed by atoms with Crippen molar-refractivity contribution in [2.24, 2.45) is 0 Å². The van der Waals surface area contributed by atoms with Crippen molar-refractivity contribution in [2.75, 3.05) is 0 Å². The summed E-state index contributed by atoms with van der Waals surface area (Å²) < 4.78 is 0. The number of aromatic amines is 1. The lowest BCUT2D eigenvalue weighted by molar-refractivity contribution is -0.384. The van der Waals surface area contributed by atoms with Crippen LogP contribution in [0.4, 0.5) is 5.69 Å². The molecule has 0 aliphatic heterocycles. The number of hydrogen-bond donors (Lipinski definition) is 2. The minimum Gasteiger partial charge on any atom is -0.360 e. The number of non-ortho nitro benzene ring substituents is 1. The van der Waals surface area contributed by atoms with Crippen molar-refractivity contribution < 1.29 is 9.72 Å². The number of aromatic nitrogens is 1. The molecule has 26 heavy (non-hydrogen) atoms. The van der Waals surface area contributed by atoms with Crippen LogP contribution in [0.25, 0.3) is 10.9 Å². The molecule has 0 aliphatic rings. The third kappa shape index (κ3) is 3.44. The van der Waals surface area contributed by atoms with E-state index in [2.05, 4.69) is 36.3 Å². The maximum atomic E-state index is 12.7. The normalized spacial score (nSPS) is 12.3. The van der Waals surface area contributed by atoms with E-state index in [-0.39, 0.29) is 17.6 Å². The average Bonchev–Trinajstić information content (AvgIpc) is 3.04. The smallest absolute Gasteiger partial charge is 0.270 e. The van der Waals surface area contributed by atoms with E-state index < -0.39 is 4.92 Å². The highest BCUT2D eigenvalue weighted by atomic mass is 16.6. The molecule has 0 fully saturated rings. The summed E-state index contributed by atoms with van der Waals surface area (Å²) in [5, 5.41) is 14.5. The summed E-state index contributed by atoms with van der Waals surface area (Å²) in [7, 11) is 0. The molecule has 0 bridgehead atoms. The van der Waals surface area contributed by atoms with E-state index in [0.717, 1.165) is 5.56 Å². The zero-order valence-corrected chi connectivity index (χ0v) is 14.9. The topological polar surface area (TPSA) is 88.0 Å². The third-order valence-corrected chi connectivity index (χ3v) is 4.57. The number of nitrogens with one attached hydrogen (secondary N) is 2. The Labute approximate surface area is 151 Å². The van der Waals surface area contributed by atoms with Gasteiger partial charge < -0.3 is 10.3 Å². The minimum atomic E-state index is -0.465. The van der Waals surface area contributed by atoms with Gasteiger partial charge >= 0.3 is 0 Å². The van der Waals surface area contributed by atoms with Gasteiger partial charge in [-0.1, -0.05) is 38.1 Å². The van der Waals surface area contributed by atoms with Crippen LogP contribution < -0.4 is 5.32 Å². The second-order valence-corrected chi connectivity index (χ2v) is 6.71. The monoisotopic (exact) mass is 351 g/mol. The van der Waals surface area contributed by atoms with Crippen LogP contribution >= 0.6 is 0 Å². The number of carbonyl (C=O) groups excluding carboxylic acids is 1. The van der Waals surface area contributed by atoms with Gasteiger partial charge in [0.25, 0.3) is 11.6 Å². The molecule has 0 saturated carbocycles. The van der Waals surface area contributed by atoms with Gasteiger partial charge in [-0.25, -0.2) is 0 Å². The van der Waals surface area contributed by atoms with Crippen LogP contribution in [0.2, 0.25) is 0 Å². The Kier molecular flexibility index (Phi) is 4.75. The van der Waals surface area contributed by atoms with Crippen LogP contribution in [-0.4, -0.2) is 15.8 Å². The van der Waals surface area contributed by atoms with Crippen molar-refractivity contribution in [3.63, 3.8) is 0 Å². The highest BCUT2D eigenvalue weighted by Gasteiger charge is 2.17. The Bertz CT molecular complexity index is 958. The number of carbonyl (C=O) groups is 1. The molecular weight excluding hydrogens is 330 g/mol. The van der Waals surface area contributed by atoms with E-state index in [9.17, 15) is 14.9 Å². The molecule has 1 atom stereocenters. The Morgan fingerprint density at radius 1 is 1.08 bits per heavy atom. The number of H-pyrrole nitrogens is 1. The number of fused-ring (bicyclic) bond motifs is 1. The van der Waals surface area contributed by atoms with Gasteiger partial charge in [0, 0.05) is 29.2 Å². The summed E-state index contributed by atoms with van der Waals surface area (Å²) in [6.45, 7) is 6.19. The molecule has 2 aromatic carbocycles. The highest BCUT2D eigenvalue weighted by Crippen LogP contribution is 2.25. The van der Waals surface area contributed by atoms with E-state index >= 15 is 0 Å². The first-order valence-electron chi connectivity index (χ1n) is 8.53. The predicted octanol–water partition coefficient (Wildman–Crippen LogP) is 4.69. The summed E-state index contributed by atoms with van der Waals surface area (Å²) in [4.78, 5) is 26.2. The zero-order valence-electron chi connectivity index (χ0n) is 14.9. The van der Waals surface area contributed by atoms with Crippen LogP contribution in [0.3, 0.4) is 0 Å². The van der Waals surface area contributed by atoms with E-state index in [1.807, 2.05) is 19.1 Å². The summed E-state index contributed by atoms with van der Waals surface area (Å²) >= 11 is 0. The lowest BCUT2D eigenvalue weighted by Crippen LogP contribution is -2.26. The van der Waals surface area contributed by atoms with Gasteiger partial charge in [-0.15, -0.1) is 0 Å². The minimum absolute atomic E-state index is 0.0385. The van der Waals surface area contributed by atoms with Gasteiger partial charge in [-0.05, 0) is 30.0 Å². The maximum Gasteiger partial charge on any atom is 0.270 e. The lowest BCUT2D eigenvalue weighted by Gasteiger charge is -2.15. The number of nitrogens with zero attached hydrogens (tertiary/aromatic N) is 1. The molecule has 3 aromatic rings. The largest absolute Gasteiger partial charge is 0.360 e. The number of amides is 1. The molecule has 1 aromatic heterocycles. The summed E-state index contributed by atoms with van der Waals surface area (Å²) in [5.41, 5.74) is 3.30. The van der Waals surface area contributed by atoms with Crippen molar-refractivity contribution >= 4 is 22.5 Å². The fraction of sp³-hybridized carbons (Fsp3) is 0.250. The van der Waals surface area contributed by atoms with E-state index in [0.29, 0.717) is 22.4 Å². The molecule has 1 amide bonds. The molecule has 0 radical (unpaired) electrons. The SMILES string of the molecule is CC(C)c1ccc(C(C)NC(=O)c2c[nH]c3ccc([N+](=O)[O-])cc23)cc1. The molecule has 0 saturated heterocycles. The first-order valence-corrected chi connectivity index (χ1v) is 8.53. The van der Waals surface area contributed by atoms with Crippen LogP contribution in [0, 0.1) is 10.1 Å². The third-order valence-electron chi connectivity index (χ3n) is 4.57. The quantitative estimate of drug-likeness (QED) is 0.516. The molecule has 1 heterocycles. The fourth-order valence-corrected chi connectivity index (χ4v) is 2.94. The van der Waals surface area contributed by atoms with Gasteiger partial charge in [0.1, 0.15) is 0 Å². The fourth-order valence-electron chi connectivity index (χ4n) is 2.94. The molecule has 1 unspecified atom stereocenters. The zero-order chi connectivity index (χ0) is 18.8. The lowest BCUT2D eigenvalue weighted by atomic mass is 9.99. The first kappa shape index (κ1) is 17.7. The number of benzene rings is 2. The molecule has 134 valence electrons. The number of nitro groups is 1. The van der Waals surface area contributed by atoms with Gasteiger partial charge in [0.05, 0.1) is 16.5 Å². The van der Waals surface area contributed by atoms with Gasteiger partial charge in [-0.2, -0.15) is 0 Å². The molecule has 3 rings (SSSR count). The maximum absolute atomic E-state index is 12.7. The van der Waals surface area contributed by atoms with Crippen LogP contribution in [-0.2, 0) is 0 Å². The van der Waals surface area contributed by atoms with Crippen molar-refractivity contribution in [2.45, 2.75) is 32.7 Å².